The van der Waals surface area contributed by atoms with Gasteiger partial charge in [-0.1, -0.05) is 13.8 Å². The predicted molar refractivity (Wildman–Crippen MR) is 78.8 cm³/mol. The van der Waals surface area contributed by atoms with Crippen LogP contribution in [-0.4, -0.2) is 49.3 Å². The summed E-state index contributed by atoms with van der Waals surface area (Å²) in [4.78, 5) is 6.90. The molecule has 2 rings (SSSR count). The van der Waals surface area contributed by atoms with E-state index in [1.807, 2.05) is 12.1 Å². The highest BCUT2D eigenvalue weighted by Crippen LogP contribution is 2.18. The fourth-order valence-corrected chi connectivity index (χ4v) is 2.18. The van der Waals surface area contributed by atoms with Crippen LogP contribution in [0.4, 0.5) is 5.82 Å². The van der Waals surface area contributed by atoms with Crippen molar-refractivity contribution in [2.75, 3.05) is 44.7 Å². The van der Waals surface area contributed by atoms with E-state index in [9.17, 15) is 0 Å². The zero-order valence-corrected chi connectivity index (χ0v) is 12.2. The summed E-state index contributed by atoms with van der Waals surface area (Å²) in [6, 6.07) is 5.97. The van der Waals surface area contributed by atoms with E-state index in [-0.39, 0.29) is 0 Å². The molecule has 0 saturated carbocycles. The second kappa shape index (κ2) is 7.22. The Kier molecular flexibility index (Phi) is 5.33. The molecule has 1 fully saturated rings. The SMILES string of the molecule is CC(C)c1ccc(C#N)c(NCCN2CCOCC2)n1. The molecule has 0 unspecified atom stereocenters. The maximum atomic E-state index is 9.14. The number of nitriles is 1. The lowest BCUT2D eigenvalue weighted by atomic mass is 10.1. The van der Waals surface area contributed by atoms with Gasteiger partial charge in [-0.05, 0) is 18.1 Å². The lowest BCUT2D eigenvalue weighted by Gasteiger charge is -2.26. The smallest absolute Gasteiger partial charge is 0.144 e. The van der Waals surface area contributed by atoms with Crippen LogP contribution in [0.15, 0.2) is 12.1 Å². The van der Waals surface area contributed by atoms with Crippen molar-refractivity contribution in [2.45, 2.75) is 19.8 Å². The zero-order chi connectivity index (χ0) is 14.4. The van der Waals surface area contributed by atoms with Gasteiger partial charge in [0.05, 0.1) is 18.8 Å². The molecule has 5 heteroatoms. The van der Waals surface area contributed by atoms with Crippen LogP contribution < -0.4 is 5.32 Å². The molecule has 1 aliphatic rings. The van der Waals surface area contributed by atoms with E-state index in [0.717, 1.165) is 45.1 Å². The summed E-state index contributed by atoms with van der Waals surface area (Å²) in [6.45, 7) is 9.52. The number of ether oxygens (including phenoxy) is 1. The number of nitrogens with zero attached hydrogens (tertiary/aromatic N) is 3. The van der Waals surface area contributed by atoms with Crippen LogP contribution in [0.3, 0.4) is 0 Å². The lowest BCUT2D eigenvalue weighted by Crippen LogP contribution is -2.39. The van der Waals surface area contributed by atoms with E-state index in [1.165, 1.54) is 0 Å². The van der Waals surface area contributed by atoms with Crippen LogP contribution in [0, 0.1) is 11.3 Å². The van der Waals surface area contributed by atoms with Crippen LogP contribution in [0.2, 0.25) is 0 Å². The predicted octanol–water partition coefficient (Wildman–Crippen LogP) is 1.82. The molecule has 108 valence electrons. The van der Waals surface area contributed by atoms with Crippen molar-refractivity contribution in [1.29, 1.82) is 5.26 Å². The van der Waals surface area contributed by atoms with Crippen LogP contribution >= 0.6 is 0 Å². The average Bonchev–Trinajstić information content (AvgIpc) is 2.48. The highest BCUT2D eigenvalue weighted by Gasteiger charge is 2.11. The molecule has 0 atom stereocenters. The molecule has 0 spiro atoms. The third-order valence-corrected chi connectivity index (χ3v) is 3.45. The summed E-state index contributed by atoms with van der Waals surface area (Å²) < 4.78 is 5.33. The topological polar surface area (TPSA) is 61.2 Å². The Bertz CT molecular complexity index is 475. The van der Waals surface area contributed by atoms with E-state index in [1.54, 1.807) is 0 Å². The van der Waals surface area contributed by atoms with E-state index in [4.69, 9.17) is 10.00 Å². The Morgan fingerprint density at radius 2 is 2.15 bits per heavy atom. The summed E-state index contributed by atoms with van der Waals surface area (Å²) >= 11 is 0. The number of pyridine rings is 1. The molecule has 1 aromatic rings. The zero-order valence-electron chi connectivity index (χ0n) is 12.2. The van der Waals surface area contributed by atoms with Gasteiger partial charge in [0.1, 0.15) is 11.9 Å². The van der Waals surface area contributed by atoms with Crippen molar-refractivity contribution in [3.63, 3.8) is 0 Å². The summed E-state index contributed by atoms with van der Waals surface area (Å²) in [6.07, 6.45) is 0. The molecule has 0 aromatic carbocycles. The number of morpholine rings is 1. The first-order chi connectivity index (χ1) is 9.70. The Hall–Kier alpha value is -1.64. The normalized spacial score (nSPS) is 16.1. The van der Waals surface area contributed by atoms with E-state index in [2.05, 4.69) is 35.1 Å². The van der Waals surface area contributed by atoms with Gasteiger partial charge in [-0.3, -0.25) is 4.90 Å². The second-order valence-corrected chi connectivity index (χ2v) is 5.28. The molecule has 5 nitrogen and oxygen atoms in total. The quantitative estimate of drug-likeness (QED) is 0.887. The van der Waals surface area contributed by atoms with Gasteiger partial charge in [0.25, 0.3) is 0 Å². The molecule has 0 bridgehead atoms. The highest BCUT2D eigenvalue weighted by atomic mass is 16.5. The number of nitrogens with one attached hydrogen (secondary N) is 1. The molecule has 1 N–H and O–H groups in total. The molecule has 2 heterocycles. The van der Waals surface area contributed by atoms with Crippen LogP contribution in [-0.2, 0) is 4.74 Å². The van der Waals surface area contributed by atoms with Gasteiger partial charge in [0.15, 0.2) is 0 Å². The minimum absolute atomic E-state index is 0.363. The first-order valence-electron chi connectivity index (χ1n) is 7.15. The number of anilines is 1. The van der Waals surface area contributed by atoms with Crippen molar-refractivity contribution in [1.82, 2.24) is 9.88 Å². The maximum Gasteiger partial charge on any atom is 0.144 e. The van der Waals surface area contributed by atoms with Crippen molar-refractivity contribution in [3.8, 4) is 6.07 Å². The molecule has 0 radical (unpaired) electrons. The Morgan fingerprint density at radius 1 is 1.40 bits per heavy atom. The standard InChI is InChI=1S/C15H22N4O/c1-12(2)14-4-3-13(11-16)15(18-14)17-5-6-19-7-9-20-10-8-19/h3-4,12H,5-10H2,1-2H3,(H,17,18). The average molecular weight is 274 g/mol. The number of hydrogen-bond donors (Lipinski definition) is 1. The maximum absolute atomic E-state index is 9.14. The molecule has 1 aliphatic heterocycles. The first kappa shape index (κ1) is 14.8. The minimum atomic E-state index is 0.363. The molecular weight excluding hydrogens is 252 g/mol. The third-order valence-electron chi connectivity index (χ3n) is 3.45. The van der Waals surface area contributed by atoms with Crippen molar-refractivity contribution >= 4 is 5.82 Å². The fraction of sp³-hybridized carbons (Fsp3) is 0.600. The Labute approximate surface area is 120 Å². The minimum Gasteiger partial charge on any atom is -0.379 e. The van der Waals surface area contributed by atoms with Gasteiger partial charge >= 0.3 is 0 Å². The Morgan fingerprint density at radius 3 is 2.80 bits per heavy atom. The molecule has 1 saturated heterocycles. The van der Waals surface area contributed by atoms with E-state index < -0.39 is 0 Å². The van der Waals surface area contributed by atoms with Crippen LogP contribution in [0.1, 0.15) is 31.0 Å². The van der Waals surface area contributed by atoms with Crippen LogP contribution in [0.25, 0.3) is 0 Å². The monoisotopic (exact) mass is 274 g/mol. The van der Waals surface area contributed by atoms with Gasteiger partial charge in [0.2, 0.25) is 0 Å². The van der Waals surface area contributed by atoms with E-state index in [0.29, 0.717) is 17.3 Å². The first-order valence-corrected chi connectivity index (χ1v) is 7.15. The molecule has 1 aromatic heterocycles. The van der Waals surface area contributed by atoms with Crippen molar-refractivity contribution in [2.24, 2.45) is 0 Å². The van der Waals surface area contributed by atoms with Gasteiger partial charge in [-0.2, -0.15) is 5.26 Å². The molecule has 20 heavy (non-hydrogen) atoms. The lowest BCUT2D eigenvalue weighted by molar-refractivity contribution is 0.0398. The van der Waals surface area contributed by atoms with Crippen molar-refractivity contribution < 1.29 is 4.74 Å². The van der Waals surface area contributed by atoms with Gasteiger partial charge < -0.3 is 10.1 Å². The van der Waals surface area contributed by atoms with Crippen LogP contribution in [0.5, 0.6) is 0 Å². The number of hydrogen-bond acceptors (Lipinski definition) is 5. The Balaban J connectivity index is 1.93. The molecule has 0 aliphatic carbocycles. The summed E-state index contributed by atoms with van der Waals surface area (Å²) in [5.74, 6) is 1.06. The van der Waals surface area contributed by atoms with E-state index >= 15 is 0 Å². The second-order valence-electron chi connectivity index (χ2n) is 5.28. The van der Waals surface area contributed by atoms with Gasteiger partial charge in [-0.25, -0.2) is 4.98 Å². The fourth-order valence-electron chi connectivity index (χ4n) is 2.18. The summed E-state index contributed by atoms with van der Waals surface area (Å²) in [5.41, 5.74) is 1.62. The number of rotatable bonds is 5. The largest absolute Gasteiger partial charge is 0.379 e. The highest BCUT2D eigenvalue weighted by molar-refractivity contribution is 5.52. The van der Waals surface area contributed by atoms with Crippen molar-refractivity contribution in [3.05, 3.63) is 23.4 Å². The molecule has 0 amide bonds. The number of aromatic nitrogens is 1. The summed E-state index contributed by atoms with van der Waals surface area (Å²) in [5, 5.41) is 12.4. The van der Waals surface area contributed by atoms with Gasteiger partial charge in [0, 0.05) is 31.9 Å². The summed E-state index contributed by atoms with van der Waals surface area (Å²) in [7, 11) is 0. The third kappa shape index (κ3) is 3.92. The van der Waals surface area contributed by atoms with Gasteiger partial charge in [-0.15, -0.1) is 0 Å². The molecular formula is C15H22N4O.